The number of fused-ring (bicyclic) bond motifs is 1. The molecular formula is C18H13Cl2NO3. The highest BCUT2D eigenvalue weighted by Crippen LogP contribution is 2.26. The number of hydrogen-bond acceptors (Lipinski definition) is 3. The maximum absolute atomic E-state index is 12.5. The Morgan fingerprint density at radius 1 is 1.00 bits per heavy atom. The van der Waals surface area contributed by atoms with Crippen LogP contribution in [0.5, 0.6) is 0 Å². The van der Waals surface area contributed by atoms with E-state index in [-0.39, 0.29) is 28.0 Å². The van der Waals surface area contributed by atoms with Crippen LogP contribution in [0.15, 0.2) is 42.5 Å². The van der Waals surface area contributed by atoms with Crippen LogP contribution in [-0.2, 0) is 4.74 Å². The number of para-hydroxylation sites is 1. The summed E-state index contributed by atoms with van der Waals surface area (Å²) in [5.74, 6) is -1.02. The Labute approximate surface area is 148 Å². The number of ketones is 1. The molecule has 0 bridgehead atoms. The fourth-order valence-electron chi connectivity index (χ4n) is 2.60. The molecule has 0 fully saturated rings. The Morgan fingerprint density at radius 2 is 1.67 bits per heavy atom. The molecule has 0 aliphatic carbocycles. The van der Waals surface area contributed by atoms with Crippen LogP contribution in [0.1, 0.15) is 26.4 Å². The van der Waals surface area contributed by atoms with Crippen molar-refractivity contribution in [1.29, 1.82) is 0 Å². The summed E-state index contributed by atoms with van der Waals surface area (Å²) in [6, 6.07) is 12.2. The lowest BCUT2D eigenvalue weighted by Gasteiger charge is -2.07. The van der Waals surface area contributed by atoms with Gasteiger partial charge in [0.2, 0.25) is 5.78 Å². The molecule has 0 unspecified atom stereocenters. The number of nitrogens with one attached hydrogen (secondary N) is 1. The van der Waals surface area contributed by atoms with Gasteiger partial charge < -0.3 is 9.72 Å². The zero-order valence-corrected chi connectivity index (χ0v) is 14.2. The van der Waals surface area contributed by atoms with Crippen molar-refractivity contribution in [3.05, 3.63) is 69.3 Å². The molecule has 1 aromatic heterocycles. The second-order valence-corrected chi connectivity index (χ2v) is 6.08. The fourth-order valence-corrected chi connectivity index (χ4v) is 3.16. The smallest absolute Gasteiger partial charge is 0.341 e. The van der Waals surface area contributed by atoms with E-state index in [1.807, 2.05) is 24.3 Å². The largest absolute Gasteiger partial charge is 0.454 e. The van der Waals surface area contributed by atoms with Crippen LogP contribution in [0.3, 0.4) is 0 Å². The van der Waals surface area contributed by atoms with Crippen molar-refractivity contribution in [2.24, 2.45) is 0 Å². The molecule has 0 radical (unpaired) electrons. The lowest BCUT2D eigenvalue weighted by Crippen LogP contribution is -2.15. The molecule has 1 N–H and O–H groups in total. The van der Waals surface area contributed by atoms with E-state index in [1.54, 1.807) is 13.0 Å². The van der Waals surface area contributed by atoms with Gasteiger partial charge >= 0.3 is 5.97 Å². The monoisotopic (exact) mass is 361 g/mol. The Kier molecular flexibility index (Phi) is 4.60. The summed E-state index contributed by atoms with van der Waals surface area (Å²) in [4.78, 5) is 27.8. The molecule has 3 rings (SSSR count). The van der Waals surface area contributed by atoms with Gasteiger partial charge in [0.15, 0.2) is 6.61 Å². The second-order valence-electron chi connectivity index (χ2n) is 5.27. The van der Waals surface area contributed by atoms with Crippen LogP contribution in [0.2, 0.25) is 10.0 Å². The van der Waals surface area contributed by atoms with Crippen molar-refractivity contribution in [2.45, 2.75) is 6.92 Å². The number of carbonyl (C=O) groups excluding carboxylic acids is 2. The first-order valence-corrected chi connectivity index (χ1v) is 7.96. The Balaban J connectivity index is 1.80. The van der Waals surface area contributed by atoms with Crippen LogP contribution in [0.25, 0.3) is 10.9 Å². The van der Waals surface area contributed by atoms with Crippen molar-refractivity contribution in [1.82, 2.24) is 4.98 Å². The van der Waals surface area contributed by atoms with E-state index in [1.165, 1.54) is 12.1 Å². The first kappa shape index (κ1) is 16.6. The van der Waals surface area contributed by atoms with E-state index in [0.717, 1.165) is 16.6 Å². The molecule has 0 spiro atoms. The summed E-state index contributed by atoms with van der Waals surface area (Å²) in [7, 11) is 0. The molecular weight excluding hydrogens is 349 g/mol. The van der Waals surface area contributed by atoms with Crippen LogP contribution in [0, 0.1) is 6.92 Å². The number of aryl methyl sites for hydroxylation is 1. The van der Waals surface area contributed by atoms with Gasteiger partial charge in [-0.2, -0.15) is 0 Å². The van der Waals surface area contributed by atoms with Gasteiger partial charge in [0.1, 0.15) is 0 Å². The molecule has 122 valence electrons. The minimum atomic E-state index is -0.726. The van der Waals surface area contributed by atoms with E-state index in [0.29, 0.717) is 5.56 Å². The van der Waals surface area contributed by atoms with Gasteiger partial charge in [-0.1, -0.05) is 47.5 Å². The third-order valence-corrected chi connectivity index (χ3v) is 4.30. The molecule has 1 heterocycles. The van der Waals surface area contributed by atoms with Crippen LogP contribution >= 0.6 is 23.2 Å². The number of aromatic nitrogens is 1. The Hall–Kier alpha value is -2.30. The van der Waals surface area contributed by atoms with Crippen molar-refractivity contribution in [2.75, 3.05) is 6.61 Å². The van der Waals surface area contributed by atoms with Crippen molar-refractivity contribution >= 4 is 45.9 Å². The molecule has 6 heteroatoms. The number of esters is 1. The van der Waals surface area contributed by atoms with Crippen molar-refractivity contribution in [3.8, 4) is 0 Å². The summed E-state index contributed by atoms with van der Waals surface area (Å²) >= 11 is 11.9. The first-order valence-electron chi connectivity index (χ1n) is 7.20. The van der Waals surface area contributed by atoms with Crippen LogP contribution in [-0.4, -0.2) is 23.3 Å². The number of H-pyrrole nitrogens is 1. The minimum absolute atomic E-state index is 0.0595. The van der Waals surface area contributed by atoms with E-state index in [4.69, 9.17) is 27.9 Å². The number of ether oxygens (including phenoxy) is 1. The normalized spacial score (nSPS) is 10.8. The molecule has 0 saturated carbocycles. The minimum Gasteiger partial charge on any atom is -0.454 e. The lowest BCUT2D eigenvalue weighted by molar-refractivity contribution is 0.0475. The molecule has 0 aliphatic rings. The Bertz CT molecular complexity index is 926. The molecule has 0 aliphatic heterocycles. The van der Waals surface area contributed by atoms with Gasteiger partial charge in [-0.15, -0.1) is 0 Å². The third-order valence-electron chi connectivity index (χ3n) is 3.67. The third kappa shape index (κ3) is 3.03. The average Bonchev–Trinajstić information content (AvgIpc) is 2.88. The SMILES string of the molecule is Cc1[nH]c2ccccc2c1C(=O)COC(=O)c1c(Cl)cccc1Cl. The molecule has 0 atom stereocenters. The molecule has 0 saturated heterocycles. The molecule has 0 amide bonds. The lowest BCUT2D eigenvalue weighted by atomic mass is 10.1. The summed E-state index contributed by atoms with van der Waals surface area (Å²) in [5.41, 5.74) is 2.17. The van der Waals surface area contributed by atoms with Gasteiger partial charge in [0.05, 0.1) is 15.6 Å². The molecule has 24 heavy (non-hydrogen) atoms. The van der Waals surface area contributed by atoms with E-state index in [2.05, 4.69) is 4.98 Å². The second kappa shape index (κ2) is 6.67. The number of halogens is 2. The van der Waals surface area contributed by atoms with Gasteiger partial charge in [0, 0.05) is 22.2 Å². The quantitative estimate of drug-likeness (QED) is 0.535. The number of aromatic amines is 1. The zero-order valence-electron chi connectivity index (χ0n) is 12.7. The van der Waals surface area contributed by atoms with Crippen molar-refractivity contribution in [3.63, 3.8) is 0 Å². The number of Topliss-reactive ketones (excluding diaryl/α,β-unsaturated/α-hetero) is 1. The maximum atomic E-state index is 12.5. The fraction of sp³-hybridized carbons (Fsp3) is 0.111. The topological polar surface area (TPSA) is 59.2 Å². The average molecular weight is 362 g/mol. The first-order chi connectivity index (χ1) is 11.5. The Morgan fingerprint density at radius 3 is 2.38 bits per heavy atom. The maximum Gasteiger partial charge on any atom is 0.341 e. The van der Waals surface area contributed by atoms with E-state index < -0.39 is 5.97 Å². The predicted molar refractivity (Wildman–Crippen MR) is 94.1 cm³/mol. The number of rotatable bonds is 4. The zero-order chi connectivity index (χ0) is 17.3. The standard InChI is InChI=1S/C18H13Cl2NO3/c1-10-16(11-5-2-3-8-14(11)21-10)15(22)9-24-18(23)17-12(19)6-4-7-13(17)20/h2-8,21H,9H2,1H3. The number of carbonyl (C=O) groups is 2. The molecule has 2 aromatic carbocycles. The van der Waals surface area contributed by atoms with Crippen LogP contribution in [0.4, 0.5) is 0 Å². The summed E-state index contributed by atoms with van der Waals surface area (Å²) in [6.07, 6.45) is 0. The molecule has 3 aromatic rings. The highest BCUT2D eigenvalue weighted by atomic mass is 35.5. The van der Waals surface area contributed by atoms with Gasteiger partial charge in [0.25, 0.3) is 0 Å². The summed E-state index contributed by atoms with van der Waals surface area (Å²) in [5, 5.41) is 1.17. The summed E-state index contributed by atoms with van der Waals surface area (Å²) < 4.78 is 5.11. The predicted octanol–water partition coefficient (Wildman–Crippen LogP) is 4.82. The molecule has 4 nitrogen and oxygen atoms in total. The van der Waals surface area contributed by atoms with Gasteiger partial charge in [-0.25, -0.2) is 4.79 Å². The van der Waals surface area contributed by atoms with Crippen LogP contribution < -0.4 is 0 Å². The highest BCUT2D eigenvalue weighted by molar-refractivity contribution is 6.39. The van der Waals surface area contributed by atoms with Gasteiger partial charge in [-0.05, 0) is 25.1 Å². The summed E-state index contributed by atoms with van der Waals surface area (Å²) in [6.45, 7) is 1.42. The van der Waals surface area contributed by atoms with Crippen molar-refractivity contribution < 1.29 is 14.3 Å². The van der Waals surface area contributed by atoms with E-state index in [9.17, 15) is 9.59 Å². The number of hydrogen-bond donors (Lipinski definition) is 1. The highest BCUT2D eigenvalue weighted by Gasteiger charge is 2.20. The number of benzene rings is 2. The van der Waals surface area contributed by atoms with E-state index >= 15 is 0 Å². The van der Waals surface area contributed by atoms with Gasteiger partial charge in [-0.3, -0.25) is 4.79 Å².